The van der Waals surface area contributed by atoms with E-state index >= 15 is 0 Å². The molecule has 3 aromatic carbocycles. The molecule has 0 saturated heterocycles. The van der Waals surface area contributed by atoms with Crippen LogP contribution in [0.1, 0.15) is 63.9 Å². The minimum absolute atomic E-state index is 0.0462. The molecule has 1 heterocycles. The fourth-order valence-electron chi connectivity index (χ4n) is 4.78. The number of rotatable bonds is 6. The van der Waals surface area contributed by atoms with Gasteiger partial charge in [0, 0.05) is 21.9 Å². The van der Waals surface area contributed by atoms with Gasteiger partial charge in [-0.2, -0.15) is 0 Å². The molecule has 0 aromatic heterocycles. The SMILES string of the molecule is Cc1cccc(CN2C(=O)c3ccccc3Sc3ccc(C(=O)NCCC4=CCCCC4)cc32)c1. The summed E-state index contributed by atoms with van der Waals surface area (Å²) in [5.41, 5.74) is 5.70. The van der Waals surface area contributed by atoms with Gasteiger partial charge in [-0.15, -0.1) is 0 Å². The van der Waals surface area contributed by atoms with Crippen LogP contribution >= 0.6 is 11.8 Å². The first kappa shape index (κ1) is 23.4. The Bertz CT molecular complexity index is 1300. The van der Waals surface area contributed by atoms with Crippen molar-refractivity contribution in [3.63, 3.8) is 0 Å². The number of benzene rings is 3. The lowest BCUT2D eigenvalue weighted by atomic mass is 9.97. The Morgan fingerprint density at radius 2 is 1.89 bits per heavy atom. The van der Waals surface area contributed by atoms with E-state index in [-0.39, 0.29) is 11.8 Å². The van der Waals surface area contributed by atoms with E-state index in [9.17, 15) is 9.59 Å². The summed E-state index contributed by atoms with van der Waals surface area (Å²) in [7, 11) is 0. The van der Waals surface area contributed by atoms with E-state index in [1.807, 2.05) is 59.5 Å². The van der Waals surface area contributed by atoms with Gasteiger partial charge in [0.25, 0.3) is 11.8 Å². The molecule has 2 aliphatic rings. The molecule has 0 fully saturated rings. The fourth-order valence-corrected chi connectivity index (χ4v) is 5.84. The van der Waals surface area contributed by atoms with E-state index in [0.29, 0.717) is 24.2 Å². The van der Waals surface area contributed by atoms with Gasteiger partial charge in [-0.25, -0.2) is 0 Å². The number of hydrogen-bond donors (Lipinski definition) is 1. The van der Waals surface area contributed by atoms with E-state index in [4.69, 9.17) is 0 Å². The summed E-state index contributed by atoms with van der Waals surface area (Å²) in [6.45, 7) is 3.13. The average molecular weight is 483 g/mol. The molecule has 1 N–H and O–H groups in total. The average Bonchev–Trinajstić information content (AvgIpc) is 2.99. The van der Waals surface area contributed by atoms with Gasteiger partial charge in [0.1, 0.15) is 0 Å². The van der Waals surface area contributed by atoms with Crippen molar-refractivity contribution in [1.82, 2.24) is 5.32 Å². The summed E-state index contributed by atoms with van der Waals surface area (Å²) in [6, 6.07) is 21.6. The number of amides is 2. The van der Waals surface area contributed by atoms with Crippen LogP contribution in [0.4, 0.5) is 5.69 Å². The summed E-state index contributed by atoms with van der Waals surface area (Å²) in [6.07, 6.45) is 8.03. The third-order valence-corrected chi connectivity index (χ3v) is 7.78. The normalized spacial score (nSPS) is 15.1. The number of nitrogens with zero attached hydrogens (tertiary/aromatic N) is 1. The standard InChI is InChI=1S/C30H30N2O2S/c1-21-8-7-11-23(18-21)20-32-26-19-24(29(33)31-17-16-22-9-3-2-4-10-22)14-15-28(26)35-27-13-6-5-12-25(27)30(32)34/h5-9,11-15,18-19H,2-4,10,16-17,20H2,1H3,(H,31,33). The highest BCUT2D eigenvalue weighted by molar-refractivity contribution is 7.99. The van der Waals surface area contributed by atoms with Gasteiger partial charge >= 0.3 is 0 Å². The van der Waals surface area contributed by atoms with Crippen LogP contribution in [0.2, 0.25) is 0 Å². The number of nitrogens with one attached hydrogen (secondary N) is 1. The maximum atomic E-state index is 13.7. The zero-order chi connectivity index (χ0) is 24.2. The first-order chi connectivity index (χ1) is 17.1. The van der Waals surface area contributed by atoms with Crippen LogP contribution in [0.3, 0.4) is 0 Å². The number of fused-ring (bicyclic) bond motifs is 2. The fraction of sp³-hybridized carbons (Fsp3) is 0.267. The number of carbonyl (C=O) groups is 2. The van der Waals surface area contributed by atoms with Crippen LogP contribution in [0.5, 0.6) is 0 Å². The van der Waals surface area contributed by atoms with Gasteiger partial charge in [0.2, 0.25) is 0 Å². The molecule has 3 aromatic rings. The lowest BCUT2D eigenvalue weighted by Gasteiger charge is -2.24. The number of hydrogen-bond acceptors (Lipinski definition) is 3. The van der Waals surface area contributed by atoms with E-state index in [0.717, 1.165) is 45.9 Å². The molecule has 2 amide bonds. The minimum Gasteiger partial charge on any atom is -0.352 e. The highest BCUT2D eigenvalue weighted by Gasteiger charge is 2.28. The van der Waals surface area contributed by atoms with E-state index in [1.165, 1.54) is 18.4 Å². The van der Waals surface area contributed by atoms with Crippen molar-refractivity contribution >= 4 is 29.3 Å². The zero-order valence-corrected chi connectivity index (χ0v) is 20.9. The van der Waals surface area contributed by atoms with E-state index < -0.39 is 0 Å². The molecule has 35 heavy (non-hydrogen) atoms. The molecule has 0 atom stereocenters. The number of anilines is 1. The number of aryl methyl sites for hydroxylation is 1. The number of allylic oxidation sites excluding steroid dienone is 1. The Morgan fingerprint density at radius 3 is 2.71 bits per heavy atom. The second-order valence-electron chi connectivity index (χ2n) is 9.28. The largest absolute Gasteiger partial charge is 0.352 e. The topological polar surface area (TPSA) is 49.4 Å². The monoisotopic (exact) mass is 482 g/mol. The van der Waals surface area contributed by atoms with Gasteiger partial charge < -0.3 is 10.2 Å². The van der Waals surface area contributed by atoms with Crippen LogP contribution in [-0.4, -0.2) is 18.4 Å². The molecule has 1 aliphatic carbocycles. The van der Waals surface area contributed by atoms with Crippen LogP contribution in [0.15, 0.2) is 88.2 Å². The van der Waals surface area contributed by atoms with Gasteiger partial charge in [0.05, 0.1) is 17.8 Å². The van der Waals surface area contributed by atoms with Crippen molar-refractivity contribution in [1.29, 1.82) is 0 Å². The Balaban J connectivity index is 1.43. The Labute approximate surface area is 211 Å². The van der Waals surface area contributed by atoms with Crippen LogP contribution < -0.4 is 10.2 Å². The summed E-state index contributed by atoms with van der Waals surface area (Å²) in [5.74, 6) is -0.144. The molecule has 5 heteroatoms. The molecule has 0 radical (unpaired) electrons. The molecule has 0 saturated carbocycles. The summed E-state index contributed by atoms with van der Waals surface area (Å²) in [5, 5.41) is 3.08. The van der Waals surface area contributed by atoms with Gasteiger partial charge in [-0.05, 0) is 74.9 Å². The Hall–Kier alpha value is -3.31. The summed E-state index contributed by atoms with van der Waals surface area (Å²) in [4.78, 5) is 30.5. The molecule has 4 nitrogen and oxygen atoms in total. The third kappa shape index (κ3) is 5.35. The first-order valence-corrected chi connectivity index (χ1v) is 13.1. The van der Waals surface area contributed by atoms with Crippen molar-refractivity contribution < 1.29 is 9.59 Å². The second-order valence-corrected chi connectivity index (χ2v) is 10.4. The molecule has 1 aliphatic heterocycles. The maximum absolute atomic E-state index is 13.7. The predicted octanol–water partition coefficient (Wildman–Crippen LogP) is 6.93. The van der Waals surface area contributed by atoms with Crippen molar-refractivity contribution in [2.24, 2.45) is 0 Å². The summed E-state index contributed by atoms with van der Waals surface area (Å²) >= 11 is 1.58. The smallest absolute Gasteiger partial charge is 0.259 e. The highest BCUT2D eigenvalue weighted by Crippen LogP contribution is 2.42. The van der Waals surface area contributed by atoms with Crippen molar-refractivity contribution in [2.75, 3.05) is 11.4 Å². The minimum atomic E-state index is -0.0982. The van der Waals surface area contributed by atoms with Crippen LogP contribution in [0, 0.1) is 6.92 Å². The van der Waals surface area contributed by atoms with E-state index in [2.05, 4.69) is 30.4 Å². The molecule has 0 unspecified atom stereocenters. The molecule has 5 rings (SSSR count). The maximum Gasteiger partial charge on any atom is 0.259 e. The van der Waals surface area contributed by atoms with Gasteiger partial charge in [-0.1, -0.05) is 65.4 Å². The van der Waals surface area contributed by atoms with Crippen molar-refractivity contribution in [3.8, 4) is 0 Å². The van der Waals surface area contributed by atoms with Gasteiger partial charge in [-0.3, -0.25) is 9.59 Å². The second kappa shape index (κ2) is 10.5. The van der Waals surface area contributed by atoms with Crippen LogP contribution in [-0.2, 0) is 6.54 Å². The molecule has 178 valence electrons. The predicted molar refractivity (Wildman–Crippen MR) is 142 cm³/mol. The molecular weight excluding hydrogens is 452 g/mol. The van der Waals surface area contributed by atoms with E-state index in [1.54, 1.807) is 11.8 Å². The Morgan fingerprint density at radius 1 is 1.00 bits per heavy atom. The Kier molecular flexibility index (Phi) is 7.05. The zero-order valence-electron chi connectivity index (χ0n) is 20.0. The molecule has 0 spiro atoms. The highest BCUT2D eigenvalue weighted by atomic mass is 32.2. The summed E-state index contributed by atoms with van der Waals surface area (Å²) < 4.78 is 0. The molecule has 0 bridgehead atoms. The van der Waals surface area contributed by atoms with Gasteiger partial charge in [0.15, 0.2) is 0 Å². The quantitative estimate of drug-likeness (QED) is 0.388. The lowest BCUT2D eigenvalue weighted by Crippen LogP contribution is -2.31. The van der Waals surface area contributed by atoms with Crippen molar-refractivity contribution in [3.05, 3.63) is 101 Å². The van der Waals surface area contributed by atoms with Crippen LogP contribution in [0.25, 0.3) is 0 Å². The third-order valence-electron chi connectivity index (χ3n) is 6.63. The first-order valence-electron chi connectivity index (χ1n) is 12.3. The molecular formula is C30H30N2O2S. The van der Waals surface area contributed by atoms with Crippen molar-refractivity contribution in [2.45, 2.75) is 55.4 Å². The lowest BCUT2D eigenvalue weighted by molar-refractivity contribution is 0.0950. The number of carbonyl (C=O) groups excluding carboxylic acids is 2.